The molecule has 0 amide bonds. The van der Waals surface area contributed by atoms with Gasteiger partial charge in [0.1, 0.15) is 5.65 Å². The fraction of sp³-hybridized carbons (Fsp3) is 0.324. The molecule has 3 aromatic heterocycles. The van der Waals surface area contributed by atoms with Gasteiger partial charge in [-0.2, -0.15) is 4.98 Å². The van der Waals surface area contributed by atoms with Crippen LogP contribution in [0.1, 0.15) is 47.9 Å². The van der Waals surface area contributed by atoms with Crippen LogP contribution in [0.5, 0.6) is 0 Å². The summed E-state index contributed by atoms with van der Waals surface area (Å²) in [7, 11) is 0. The molecule has 4 N–H and O–H groups in total. The number of rotatable bonds is 12. The Hall–Kier alpha value is -4.25. The molecule has 0 atom stereocenters. The number of aromatic nitrogens is 4. The number of aliphatic hydroxyl groups excluding tert-OH is 1. The van der Waals surface area contributed by atoms with Gasteiger partial charge in [0.2, 0.25) is 5.95 Å². The Balaban J connectivity index is 1.25. The van der Waals surface area contributed by atoms with E-state index in [9.17, 15) is 14.3 Å². The Morgan fingerprint density at radius 1 is 1.13 bits per heavy atom. The summed E-state index contributed by atoms with van der Waals surface area (Å²) >= 11 is 1.96. The fourth-order valence-corrected chi connectivity index (χ4v) is 7.60. The number of aryl methyl sites for hydroxylation is 1. The van der Waals surface area contributed by atoms with E-state index in [2.05, 4.69) is 50.7 Å². The van der Waals surface area contributed by atoms with Crippen LogP contribution >= 0.6 is 11.8 Å². The number of nitrogens with zero attached hydrogens (tertiary/aromatic N) is 4. The van der Waals surface area contributed by atoms with Crippen LogP contribution in [0, 0.1) is 5.92 Å². The summed E-state index contributed by atoms with van der Waals surface area (Å²) in [6.45, 7) is 5.13. The number of allylic oxidation sites excluding steroid dienone is 1. The SMILES string of the molecule is C=C(F)Cc1c(CCCC2CC2)ccn(-c2cccc(-c3nc(N)nc4[nH]c(-c5ccc(CN6CCSC6)cc5)cc34)c2CO)c1=O. The number of hydrogen-bond acceptors (Lipinski definition) is 7. The molecule has 4 heterocycles. The third kappa shape index (κ3) is 6.76. The largest absolute Gasteiger partial charge is 0.392 e. The molecule has 2 aliphatic rings. The lowest BCUT2D eigenvalue weighted by molar-refractivity contribution is 0.282. The van der Waals surface area contributed by atoms with E-state index in [1.165, 1.54) is 28.7 Å². The van der Waals surface area contributed by atoms with Crippen molar-refractivity contribution < 1.29 is 9.50 Å². The Morgan fingerprint density at radius 3 is 2.68 bits per heavy atom. The van der Waals surface area contributed by atoms with Gasteiger partial charge in [-0.05, 0) is 53.6 Å². The summed E-state index contributed by atoms with van der Waals surface area (Å²) in [6, 6.07) is 17.9. The normalized spacial score (nSPS) is 15.1. The highest BCUT2D eigenvalue weighted by atomic mass is 32.2. The van der Waals surface area contributed by atoms with Crippen molar-refractivity contribution in [3.63, 3.8) is 0 Å². The predicted molar refractivity (Wildman–Crippen MR) is 188 cm³/mol. The minimum atomic E-state index is -0.554. The van der Waals surface area contributed by atoms with Gasteiger partial charge in [0.15, 0.2) is 0 Å². The van der Waals surface area contributed by atoms with Crippen molar-refractivity contribution in [2.24, 2.45) is 5.92 Å². The average Bonchev–Trinajstić information content (AvgIpc) is 3.55. The first-order valence-electron chi connectivity index (χ1n) is 16.2. The van der Waals surface area contributed by atoms with Gasteiger partial charge in [0, 0.05) is 65.1 Å². The van der Waals surface area contributed by atoms with E-state index in [4.69, 9.17) is 5.73 Å². The lowest BCUT2D eigenvalue weighted by atomic mass is 9.98. The Bertz CT molecular complexity index is 1990. The molecule has 2 fully saturated rings. The lowest BCUT2D eigenvalue weighted by Crippen LogP contribution is -2.25. The number of nitrogens with one attached hydrogen (secondary N) is 1. The van der Waals surface area contributed by atoms with E-state index >= 15 is 0 Å². The first kappa shape index (κ1) is 31.4. The van der Waals surface area contributed by atoms with Gasteiger partial charge in [-0.25, -0.2) is 9.37 Å². The molecule has 7 rings (SSSR count). The molecule has 1 aliphatic heterocycles. The number of fused-ring (bicyclic) bond motifs is 1. The standard InChI is InChI=1S/C37H39FN6O2S/c1-23(38)18-29-26(5-2-4-24-8-9-24)14-15-44(36(29)46)33-7-3-6-28(31(33)21-45)34-30-19-32(40-35(30)42-37(39)41-34)27-12-10-25(11-13-27)20-43-16-17-47-22-43/h3,6-7,10-15,19,24,45H,1-2,4-5,8-9,16-18,20-22H2,(H3,39,40,41,42). The monoisotopic (exact) mass is 650 g/mol. The summed E-state index contributed by atoms with van der Waals surface area (Å²) in [5.41, 5.74) is 13.0. The molecule has 0 bridgehead atoms. The van der Waals surface area contributed by atoms with Gasteiger partial charge in [0.05, 0.1) is 23.8 Å². The number of anilines is 1. The van der Waals surface area contributed by atoms with Gasteiger partial charge in [-0.3, -0.25) is 14.3 Å². The number of benzene rings is 2. The molecule has 0 unspecified atom stereocenters. The van der Waals surface area contributed by atoms with Crippen LogP contribution in [0.4, 0.5) is 10.3 Å². The van der Waals surface area contributed by atoms with E-state index in [0.717, 1.165) is 66.4 Å². The third-order valence-corrected chi connectivity index (χ3v) is 10.3. The van der Waals surface area contributed by atoms with E-state index in [1.807, 2.05) is 36.0 Å². The zero-order valence-corrected chi connectivity index (χ0v) is 27.2. The zero-order chi connectivity index (χ0) is 32.5. The number of nitrogen functional groups attached to an aromatic ring is 1. The van der Waals surface area contributed by atoms with Gasteiger partial charge in [-0.1, -0.05) is 62.2 Å². The molecular weight excluding hydrogens is 612 g/mol. The number of halogens is 1. The lowest BCUT2D eigenvalue weighted by Gasteiger charge is -2.17. The molecule has 1 saturated carbocycles. The van der Waals surface area contributed by atoms with E-state index in [-0.39, 0.29) is 24.5 Å². The maximum absolute atomic E-state index is 14.2. The van der Waals surface area contributed by atoms with Crippen molar-refractivity contribution in [1.29, 1.82) is 0 Å². The van der Waals surface area contributed by atoms with Crippen molar-refractivity contribution in [1.82, 2.24) is 24.4 Å². The van der Waals surface area contributed by atoms with Crippen LogP contribution in [0.15, 0.2) is 78.0 Å². The van der Waals surface area contributed by atoms with Gasteiger partial charge in [-0.15, -0.1) is 11.8 Å². The Kier molecular flexibility index (Phi) is 8.98. The average molecular weight is 651 g/mol. The molecule has 0 radical (unpaired) electrons. The molecule has 5 aromatic rings. The molecule has 2 aromatic carbocycles. The topological polar surface area (TPSA) is 113 Å². The number of aliphatic hydroxyl groups is 1. The summed E-state index contributed by atoms with van der Waals surface area (Å²) in [5.74, 6) is 2.57. The van der Waals surface area contributed by atoms with E-state index < -0.39 is 5.83 Å². The molecule has 1 saturated heterocycles. The molecule has 0 spiro atoms. The number of nitrogens with two attached hydrogens (primary N) is 1. The molecule has 1 aliphatic carbocycles. The summed E-state index contributed by atoms with van der Waals surface area (Å²) < 4.78 is 15.7. The van der Waals surface area contributed by atoms with Crippen LogP contribution in [0.2, 0.25) is 0 Å². The molecular formula is C37H39FN6O2S. The second-order valence-electron chi connectivity index (χ2n) is 12.6. The highest BCUT2D eigenvalue weighted by Crippen LogP contribution is 2.36. The zero-order valence-electron chi connectivity index (χ0n) is 26.3. The van der Waals surface area contributed by atoms with Crippen molar-refractivity contribution in [2.75, 3.05) is 23.9 Å². The van der Waals surface area contributed by atoms with Crippen molar-refractivity contribution in [3.05, 3.63) is 106 Å². The molecule has 10 heteroatoms. The van der Waals surface area contributed by atoms with Crippen LogP contribution in [-0.4, -0.2) is 47.7 Å². The smallest absolute Gasteiger partial charge is 0.258 e. The number of H-pyrrole nitrogens is 1. The third-order valence-electron chi connectivity index (χ3n) is 9.24. The predicted octanol–water partition coefficient (Wildman–Crippen LogP) is 6.78. The maximum Gasteiger partial charge on any atom is 0.258 e. The molecule has 47 heavy (non-hydrogen) atoms. The van der Waals surface area contributed by atoms with Crippen molar-refractivity contribution >= 4 is 28.7 Å². The minimum Gasteiger partial charge on any atom is -0.392 e. The number of thioether (sulfide) groups is 1. The van der Waals surface area contributed by atoms with Gasteiger partial charge in [0.25, 0.3) is 5.56 Å². The minimum absolute atomic E-state index is 0.0884. The van der Waals surface area contributed by atoms with Crippen LogP contribution in [0.3, 0.4) is 0 Å². The summed E-state index contributed by atoms with van der Waals surface area (Å²) in [6.07, 6.45) is 6.93. The Morgan fingerprint density at radius 2 is 1.96 bits per heavy atom. The van der Waals surface area contributed by atoms with Gasteiger partial charge < -0.3 is 15.8 Å². The number of pyridine rings is 1. The van der Waals surface area contributed by atoms with Crippen molar-refractivity contribution in [3.8, 4) is 28.2 Å². The first-order chi connectivity index (χ1) is 22.9. The quantitative estimate of drug-likeness (QED) is 0.136. The number of aromatic amines is 1. The highest BCUT2D eigenvalue weighted by molar-refractivity contribution is 7.99. The summed E-state index contributed by atoms with van der Waals surface area (Å²) in [4.78, 5) is 28.9. The maximum atomic E-state index is 14.2. The van der Waals surface area contributed by atoms with Gasteiger partial charge >= 0.3 is 0 Å². The summed E-state index contributed by atoms with van der Waals surface area (Å²) in [5, 5.41) is 11.5. The second kappa shape index (κ2) is 13.5. The van der Waals surface area contributed by atoms with Crippen molar-refractivity contribution in [2.45, 2.75) is 51.7 Å². The van der Waals surface area contributed by atoms with Crippen LogP contribution in [-0.2, 0) is 26.0 Å². The van der Waals surface area contributed by atoms with Crippen LogP contribution < -0.4 is 11.3 Å². The first-order valence-corrected chi connectivity index (χ1v) is 17.4. The second-order valence-corrected chi connectivity index (χ2v) is 13.7. The molecule has 8 nitrogen and oxygen atoms in total. The molecule has 242 valence electrons. The van der Waals surface area contributed by atoms with Crippen LogP contribution in [0.25, 0.3) is 39.2 Å². The number of hydrogen-bond donors (Lipinski definition) is 3. The fourth-order valence-electron chi connectivity index (χ4n) is 6.61. The highest BCUT2D eigenvalue weighted by Gasteiger charge is 2.22. The Labute approximate surface area is 277 Å². The van der Waals surface area contributed by atoms with E-state index in [0.29, 0.717) is 33.7 Å². The van der Waals surface area contributed by atoms with E-state index in [1.54, 1.807) is 12.3 Å².